The van der Waals surface area contributed by atoms with Crippen LogP contribution in [0.4, 0.5) is 17.2 Å². The van der Waals surface area contributed by atoms with Crippen LogP contribution in [-0.2, 0) is 13.6 Å². The summed E-state index contributed by atoms with van der Waals surface area (Å²) in [5.41, 5.74) is 3.99. The van der Waals surface area contributed by atoms with Gasteiger partial charge in [0, 0.05) is 37.1 Å². The molecule has 9 heteroatoms. The average Bonchev–Trinajstić information content (AvgIpc) is 3.20. The van der Waals surface area contributed by atoms with Crippen LogP contribution in [-0.4, -0.2) is 26.2 Å². The molecule has 0 radical (unpaired) electrons. The van der Waals surface area contributed by atoms with Crippen molar-refractivity contribution in [1.82, 2.24) is 19.3 Å². The van der Waals surface area contributed by atoms with Crippen molar-refractivity contribution >= 4 is 40.8 Å². The minimum absolute atomic E-state index is 0.218. The molecule has 164 valence electrons. The highest BCUT2D eigenvalue weighted by atomic mass is 32.2. The molecule has 0 unspecified atom stereocenters. The highest BCUT2D eigenvalue weighted by molar-refractivity contribution is 7.97. The topological polar surface area (TPSA) is 106 Å². The van der Waals surface area contributed by atoms with Crippen LogP contribution in [0.5, 0.6) is 0 Å². The molecule has 0 saturated heterocycles. The first-order valence-corrected chi connectivity index (χ1v) is 11.2. The summed E-state index contributed by atoms with van der Waals surface area (Å²) in [6, 6.07) is 19.1. The zero-order valence-electron chi connectivity index (χ0n) is 17.9. The minimum atomic E-state index is 0.218. The molecule has 2 aromatic carbocycles. The second-order valence-electron chi connectivity index (χ2n) is 7.57. The van der Waals surface area contributed by atoms with Gasteiger partial charge in [0.2, 0.25) is 0 Å². The van der Waals surface area contributed by atoms with E-state index >= 15 is 0 Å². The van der Waals surface area contributed by atoms with E-state index in [0.29, 0.717) is 23.6 Å². The maximum atomic E-state index is 8.95. The minimum Gasteiger partial charge on any atom is -0.339 e. The molecule has 0 bridgehead atoms. The highest BCUT2D eigenvalue weighted by Gasteiger charge is 2.28. The van der Waals surface area contributed by atoms with Crippen LogP contribution in [0.1, 0.15) is 16.7 Å². The average molecular weight is 455 g/mol. The molecule has 4 aromatic rings. The van der Waals surface area contributed by atoms with E-state index in [0.717, 1.165) is 21.8 Å². The standard InChI is InChI=1S/C24H22N8S/c1-31-14-21(28-15-31)33-29-13-16-8-10-17(11-9-16)22(25)32-20-7-4-12-27-24(20)30-19-6-3-2-5-18(19)23(32)26/h2-12,14-15,25-26,29H,13H2,1H3,(H,27,30). The van der Waals surface area contributed by atoms with Crippen molar-refractivity contribution in [3.8, 4) is 0 Å². The molecule has 5 rings (SSSR count). The van der Waals surface area contributed by atoms with Crippen LogP contribution in [0.3, 0.4) is 0 Å². The fraction of sp³-hybridized carbons (Fsp3) is 0.0833. The number of benzene rings is 2. The molecule has 0 saturated carbocycles. The lowest BCUT2D eigenvalue weighted by molar-refractivity contribution is 0.911. The summed E-state index contributed by atoms with van der Waals surface area (Å²) in [5.74, 6) is 1.06. The molecule has 33 heavy (non-hydrogen) atoms. The van der Waals surface area contributed by atoms with Gasteiger partial charge in [0.25, 0.3) is 0 Å². The molecule has 3 heterocycles. The number of hydrogen-bond donors (Lipinski definition) is 4. The first kappa shape index (κ1) is 20.9. The Kier molecular flexibility index (Phi) is 5.64. The van der Waals surface area contributed by atoms with Crippen molar-refractivity contribution in [2.45, 2.75) is 11.6 Å². The Balaban J connectivity index is 1.37. The van der Waals surface area contributed by atoms with Crippen LogP contribution in [0, 0.1) is 10.8 Å². The monoisotopic (exact) mass is 454 g/mol. The van der Waals surface area contributed by atoms with Crippen LogP contribution in [0.15, 0.2) is 84.4 Å². The second kappa shape index (κ2) is 8.89. The molecule has 4 N–H and O–H groups in total. The molecule has 8 nitrogen and oxygen atoms in total. The van der Waals surface area contributed by atoms with Crippen molar-refractivity contribution in [2.75, 3.05) is 10.2 Å². The van der Waals surface area contributed by atoms with E-state index in [9.17, 15) is 0 Å². The molecule has 0 atom stereocenters. The van der Waals surface area contributed by atoms with Crippen molar-refractivity contribution in [3.05, 3.63) is 96.1 Å². The Labute approximate surface area is 195 Å². The van der Waals surface area contributed by atoms with Crippen molar-refractivity contribution in [3.63, 3.8) is 0 Å². The summed E-state index contributed by atoms with van der Waals surface area (Å²) < 4.78 is 5.22. The summed E-state index contributed by atoms with van der Waals surface area (Å²) in [5, 5.41) is 22.1. The number of hydrogen-bond acceptors (Lipinski definition) is 7. The molecular formula is C24H22N8S. The van der Waals surface area contributed by atoms with Crippen LogP contribution in [0.25, 0.3) is 0 Å². The third-order valence-electron chi connectivity index (χ3n) is 5.27. The number of anilines is 3. The van der Waals surface area contributed by atoms with Gasteiger partial charge in [0.1, 0.15) is 16.7 Å². The number of nitrogens with one attached hydrogen (secondary N) is 4. The van der Waals surface area contributed by atoms with Gasteiger partial charge in [-0.05, 0) is 41.8 Å². The van der Waals surface area contributed by atoms with E-state index in [1.54, 1.807) is 17.4 Å². The van der Waals surface area contributed by atoms with Crippen LogP contribution in [0.2, 0.25) is 0 Å². The third kappa shape index (κ3) is 4.23. The maximum Gasteiger partial charge on any atom is 0.154 e. The number of amidine groups is 2. The van der Waals surface area contributed by atoms with E-state index in [1.165, 1.54) is 11.9 Å². The molecule has 0 spiro atoms. The predicted octanol–water partition coefficient (Wildman–Crippen LogP) is 4.53. The summed E-state index contributed by atoms with van der Waals surface area (Å²) in [6.07, 6.45) is 5.43. The molecule has 1 aliphatic rings. The van der Waals surface area contributed by atoms with Crippen molar-refractivity contribution in [1.29, 1.82) is 10.8 Å². The molecule has 2 aromatic heterocycles. The first-order valence-electron chi connectivity index (χ1n) is 10.4. The number of pyridine rings is 1. The van der Waals surface area contributed by atoms with E-state index < -0.39 is 0 Å². The number of imidazole rings is 1. The Morgan fingerprint density at radius 1 is 1.06 bits per heavy atom. The Bertz CT molecular complexity index is 1330. The van der Waals surface area contributed by atoms with Gasteiger partial charge >= 0.3 is 0 Å². The first-order chi connectivity index (χ1) is 16.1. The van der Waals surface area contributed by atoms with Crippen molar-refractivity contribution in [2.24, 2.45) is 7.05 Å². The van der Waals surface area contributed by atoms with Crippen LogP contribution < -0.4 is 14.9 Å². The van der Waals surface area contributed by atoms with Gasteiger partial charge in [-0.3, -0.25) is 20.4 Å². The van der Waals surface area contributed by atoms with Gasteiger partial charge in [0.05, 0.1) is 17.7 Å². The van der Waals surface area contributed by atoms with E-state index in [-0.39, 0.29) is 11.7 Å². The number of aryl methyl sites for hydroxylation is 1. The second-order valence-corrected chi connectivity index (χ2v) is 8.48. The third-order valence-corrected chi connectivity index (χ3v) is 5.98. The maximum absolute atomic E-state index is 8.95. The lowest BCUT2D eigenvalue weighted by Gasteiger charge is -2.25. The van der Waals surface area contributed by atoms with Gasteiger partial charge < -0.3 is 9.88 Å². The molecule has 1 aliphatic heterocycles. The van der Waals surface area contributed by atoms with Gasteiger partial charge in [0.15, 0.2) is 5.82 Å². The summed E-state index contributed by atoms with van der Waals surface area (Å²) in [6.45, 7) is 0.665. The molecule has 0 aliphatic carbocycles. The summed E-state index contributed by atoms with van der Waals surface area (Å²) >= 11 is 1.48. The van der Waals surface area contributed by atoms with Gasteiger partial charge in [-0.1, -0.05) is 36.4 Å². The quantitative estimate of drug-likeness (QED) is 0.201. The van der Waals surface area contributed by atoms with Crippen LogP contribution >= 0.6 is 11.9 Å². The Morgan fingerprint density at radius 2 is 1.88 bits per heavy atom. The van der Waals surface area contributed by atoms with E-state index in [1.807, 2.05) is 78.5 Å². The lowest BCUT2D eigenvalue weighted by Crippen LogP contribution is -2.36. The number of fused-ring (bicyclic) bond motifs is 2. The summed E-state index contributed by atoms with van der Waals surface area (Å²) in [4.78, 5) is 10.4. The van der Waals surface area contributed by atoms with E-state index in [2.05, 4.69) is 20.0 Å². The fourth-order valence-electron chi connectivity index (χ4n) is 3.62. The Morgan fingerprint density at radius 3 is 2.67 bits per heavy atom. The number of para-hydroxylation sites is 1. The highest BCUT2D eigenvalue weighted by Crippen LogP contribution is 2.34. The van der Waals surface area contributed by atoms with Gasteiger partial charge in [-0.15, -0.1) is 0 Å². The number of nitrogens with zero attached hydrogens (tertiary/aromatic N) is 4. The fourth-order valence-corrected chi connectivity index (χ4v) is 4.32. The SMILES string of the molecule is Cn1cnc(SNCc2ccc(C(=N)N3C(=N)c4ccccc4Nc4ncccc43)cc2)c1. The summed E-state index contributed by atoms with van der Waals surface area (Å²) in [7, 11) is 1.94. The number of aromatic nitrogens is 3. The Hall–Kier alpha value is -3.95. The van der Waals surface area contributed by atoms with E-state index in [4.69, 9.17) is 10.8 Å². The largest absolute Gasteiger partial charge is 0.339 e. The van der Waals surface area contributed by atoms with Gasteiger partial charge in [-0.2, -0.15) is 0 Å². The zero-order chi connectivity index (χ0) is 22.8. The van der Waals surface area contributed by atoms with Gasteiger partial charge in [-0.25, -0.2) is 9.97 Å². The molecule has 0 amide bonds. The normalized spacial score (nSPS) is 12.5. The molecular weight excluding hydrogens is 432 g/mol. The zero-order valence-corrected chi connectivity index (χ0v) is 18.7. The predicted molar refractivity (Wildman–Crippen MR) is 132 cm³/mol. The molecule has 0 fully saturated rings. The number of rotatable bonds is 5. The smallest absolute Gasteiger partial charge is 0.154 e. The lowest BCUT2D eigenvalue weighted by atomic mass is 10.1. The van der Waals surface area contributed by atoms with Crippen molar-refractivity contribution < 1.29 is 0 Å².